The van der Waals surface area contributed by atoms with Gasteiger partial charge in [-0.2, -0.15) is 0 Å². The van der Waals surface area contributed by atoms with Gasteiger partial charge in [0, 0.05) is 60.2 Å². The molecule has 0 amide bonds. The molecule has 48 heavy (non-hydrogen) atoms. The molecule has 1 saturated heterocycles. The predicted octanol–water partition coefficient (Wildman–Crippen LogP) is 9.01. The molecule has 0 N–H and O–H groups in total. The van der Waals surface area contributed by atoms with Crippen molar-refractivity contribution in [2.45, 2.75) is 50.1 Å². The number of aromatic nitrogens is 2. The van der Waals surface area contributed by atoms with Gasteiger partial charge in [0.15, 0.2) is 6.79 Å². The number of likely N-dealkylation sites (tertiary alicyclic amines) is 1. The van der Waals surface area contributed by atoms with Crippen molar-refractivity contribution in [3.8, 4) is 5.75 Å². The number of para-hydroxylation sites is 1. The molecule has 1 saturated carbocycles. The minimum atomic E-state index is -0.421. The number of nitrogens with zero attached hydrogens (tertiary/aromatic N) is 3. The highest BCUT2D eigenvalue weighted by atomic mass is 35.5. The maximum atomic E-state index is 12.5. The number of halogens is 2. The Bertz CT molecular complexity index is 1850. The van der Waals surface area contributed by atoms with E-state index in [9.17, 15) is 4.79 Å². The lowest BCUT2D eigenvalue weighted by molar-refractivity contribution is 0.0451. The van der Waals surface area contributed by atoms with E-state index in [0.717, 1.165) is 47.1 Å². The van der Waals surface area contributed by atoms with E-state index in [1.165, 1.54) is 48.0 Å². The lowest BCUT2D eigenvalue weighted by Crippen LogP contribution is -2.34. The molecule has 248 valence electrons. The van der Waals surface area contributed by atoms with Gasteiger partial charge in [-0.15, -0.1) is 0 Å². The van der Waals surface area contributed by atoms with Crippen molar-refractivity contribution in [2.24, 2.45) is 0 Å². The highest BCUT2D eigenvalue weighted by Crippen LogP contribution is 2.44. The average molecular weight is 685 g/mol. The highest BCUT2D eigenvalue weighted by Gasteiger charge is 2.34. The molecule has 5 aromatic rings. The van der Waals surface area contributed by atoms with E-state index < -0.39 is 5.97 Å². The van der Waals surface area contributed by atoms with Crippen molar-refractivity contribution in [1.29, 1.82) is 0 Å². The zero-order valence-electron chi connectivity index (χ0n) is 27.2. The Morgan fingerprint density at radius 1 is 0.854 bits per heavy atom. The molecule has 1 aromatic heterocycles. The van der Waals surface area contributed by atoms with Crippen LogP contribution in [0.2, 0.25) is 10.0 Å². The number of esters is 1. The summed E-state index contributed by atoms with van der Waals surface area (Å²) in [5.74, 6) is 1.86. The third-order valence-corrected chi connectivity index (χ3v) is 10.1. The number of rotatable bonds is 11. The van der Waals surface area contributed by atoms with Crippen molar-refractivity contribution >= 4 is 40.2 Å². The normalized spacial score (nSPS) is 15.7. The van der Waals surface area contributed by atoms with Gasteiger partial charge in [-0.1, -0.05) is 65.7 Å². The number of imidazole rings is 1. The molecule has 0 atom stereocenters. The molecule has 1 aliphatic carbocycles. The van der Waals surface area contributed by atoms with Gasteiger partial charge in [-0.05, 0) is 84.8 Å². The van der Waals surface area contributed by atoms with Gasteiger partial charge in [0.2, 0.25) is 0 Å². The number of methoxy groups -OCH3 is 2. The summed E-state index contributed by atoms with van der Waals surface area (Å²) >= 11 is 12.6. The molecular weight excluding hydrogens is 645 g/mol. The van der Waals surface area contributed by atoms with Crippen molar-refractivity contribution in [2.75, 3.05) is 34.1 Å². The smallest absolute Gasteiger partial charge is 0.341 e. The molecule has 0 radical (unpaired) electrons. The standard InChI is InChI=1S/C39H39Cl2N3O4/c1-46-24-48-37-29(4-3-5-33(37)39(45)47-2)23-43-20-18-32(19-21-43)44-35-22-28(12-17-34(35)42-38(44)27-6-7-27)36(25-8-13-30(40)14-9-25)26-10-15-31(41)16-11-26/h3-5,8-17,22,27,32,36H,6-7,18-21,23-24H2,1-2H3. The number of hydrogen-bond donors (Lipinski definition) is 0. The molecule has 2 heterocycles. The third kappa shape index (κ3) is 6.83. The Balaban J connectivity index is 1.18. The minimum Gasteiger partial charge on any atom is -0.466 e. The van der Waals surface area contributed by atoms with Gasteiger partial charge in [0.05, 0.1) is 18.1 Å². The summed E-state index contributed by atoms with van der Waals surface area (Å²) in [7, 11) is 2.95. The van der Waals surface area contributed by atoms with Crippen LogP contribution in [0.15, 0.2) is 84.9 Å². The van der Waals surface area contributed by atoms with Crippen LogP contribution < -0.4 is 4.74 Å². The Hall–Kier alpha value is -3.88. The topological polar surface area (TPSA) is 65.8 Å². The lowest BCUT2D eigenvalue weighted by Gasteiger charge is -2.34. The summed E-state index contributed by atoms with van der Waals surface area (Å²) < 4.78 is 18.6. The molecule has 4 aromatic carbocycles. The highest BCUT2D eigenvalue weighted by molar-refractivity contribution is 6.30. The molecule has 7 nitrogen and oxygen atoms in total. The van der Waals surface area contributed by atoms with Crippen molar-refractivity contribution in [1.82, 2.24) is 14.5 Å². The first-order valence-electron chi connectivity index (χ1n) is 16.5. The van der Waals surface area contributed by atoms with Gasteiger partial charge < -0.3 is 18.8 Å². The number of fused-ring (bicyclic) bond motifs is 1. The van der Waals surface area contributed by atoms with E-state index in [-0.39, 0.29) is 12.7 Å². The van der Waals surface area contributed by atoms with Crippen LogP contribution >= 0.6 is 23.2 Å². The maximum Gasteiger partial charge on any atom is 0.341 e. The Morgan fingerprint density at radius 3 is 2.10 bits per heavy atom. The first-order valence-corrected chi connectivity index (χ1v) is 17.3. The average Bonchev–Trinajstić information content (AvgIpc) is 3.89. The summed E-state index contributed by atoms with van der Waals surface area (Å²) in [6, 6.07) is 29.0. The molecule has 7 rings (SSSR count). The van der Waals surface area contributed by atoms with E-state index in [2.05, 4.69) is 51.9 Å². The monoisotopic (exact) mass is 683 g/mol. The van der Waals surface area contributed by atoms with E-state index in [4.69, 9.17) is 42.4 Å². The van der Waals surface area contributed by atoms with E-state index in [1.807, 2.05) is 36.4 Å². The minimum absolute atomic E-state index is 0.0220. The first-order chi connectivity index (χ1) is 23.4. The quantitative estimate of drug-likeness (QED) is 0.0786. The van der Waals surface area contributed by atoms with Crippen LogP contribution in [0.1, 0.15) is 82.0 Å². The molecule has 2 fully saturated rings. The van der Waals surface area contributed by atoms with Crippen LogP contribution in [0.25, 0.3) is 11.0 Å². The van der Waals surface area contributed by atoms with Crippen LogP contribution in [0, 0.1) is 0 Å². The van der Waals surface area contributed by atoms with Crippen molar-refractivity contribution < 1.29 is 19.0 Å². The van der Waals surface area contributed by atoms with Crippen LogP contribution in [0.3, 0.4) is 0 Å². The molecule has 0 spiro atoms. The molecular formula is C39H39Cl2N3O4. The van der Waals surface area contributed by atoms with Gasteiger partial charge in [-0.3, -0.25) is 4.90 Å². The summed E-state index contributed by atoms with van der Waals surface area (Å²) in [4.78, 5) is 20.2. The fourth-order valence-corrected chi connectivity index (χ4v) is 7.31. The predicted molar refractivity (Wildman–Crippen MR) is 189 cm³/mol. The van der Waals surface area contributed by atoms with Crippen molar-refractivity contribution in [3.05, 3.63) is 129 Å². The number of piperidine rings is 1. The zero-order chi connectivity index (χ0) is 33.2. The second-order valence-corrected chi connectivity index (χ2v) is 13.6. The van der Waals surface area contributed by atoms with Gasteiger partial charge in [-0.25, -0.2) is 9.78 Å². The van der Waals surface area contributed by atoms with Gasteiger partial charge in [0.25, 0.3) is 0 Å². The number of hydrogen-bond acceptors (Lipinski definition) is 6. The SMILES string of the molecule is COCOc1c(CN2CCC(n3c(C4CC4)nc4ccc(C(c5ccc(Cl)cc5)c5ccc(Cl)cc5)cc43)CC2)cccc1C(=O)OC. The number of ether oxygens (including phenoxy) is 3. The fourth-order valence-electron chi connectivity index (χ4n) is 7.05. The van der Waals surface area contributed by atoms with Crippen LogP contribution in [0.5, 0.6) is 5.75 Å². The summed E-state index contributed by atoms with van der Waals surface area (Å²) in [6.45, 7) is 2.56. The molecule has 2 aliphatic rings. The Kier molecular flexibility index (Phi) is 9.73. The van der Waals surface area contributed by atoms with E-state index >= 15 is 0 Å². The summed E-state index contributed by atoms with van der Waals surface area (Å²) in [6.07, 6.45) is 4.37. The first kappa shape index (κ1) is 32.7. The number of benzene rings is 4. The summed E-state index contributed by atoms with van der Waals surface area (Å²) in [5, 5.41) is 1.44. The fraction of sp³-hybridized carbons (Fsp3) is 0.333. The second-order valence-electron chi connectivity index (χ2n) is 12.7. The van der Waals surface area contributed by atoms with Crippen LogP contribution in [-0.2, 0) is 16.0 Å². The van der Waals surface area contributed by atoms with Gasteiger partial charge in [0.1, 0.15) is 17.1 Å². The van der Waals surface area contributed by atoms with E-state index in [1.54, 1.807) is 13.2 Å². The third-order valence-electron chi connectivity index (χ3n) is 9.56. The van der Waals surface area contributed by atoms with Crippen LogP contribution in [0.4, 0.5) is 0 Å². The molecule has 9 heteroatoms. The van der Waals surface area contributed by atoms with E-state index in [0.29, 0.717) is 29.8 Å². The molecule has 1 aliphatic heterocycles. The Morgan fingerprint density at radius 2 is 1.50 bits per heavy atom. The molecule has 0 bridgehead atoms. The number of carbonyl (C=O) groups is 1. The number of carbonyl (C=O) groups excluding carboxylic acids is 1. The second kappa shape index (κ2) is 14.3. The van der Waals surface area contributed by atoms with Crippen LogP contribution in [-0.4, -0.2) is 54.5 Å². The van der Waals surface area contributed by atoms with Gasteiger partial charge >= 0.3 is 5.97 Å². The zero-order valence-corrected chi connectivity index (χ0v) is 28.7. The molecule has 0 unspecified atom stereocenters. The maximum absolute atomic E-state index is 12.5. The largest absolute Gasteiger partial charge is 0.466 e. The summed E-state index contributed by atoms with van der Waals surface area (Å²) in [5.41, 5.74) is 7.16. The lowest BCUT2D eigenvalue weighted by atomic mass is 9.85. The van der Waals surface area contributed by atoms with Crippen molar-refractivity contribution in [3.63, 3.8) is 0 Å². The Labute approximate surface area is 291 Å².